The van der Waals surface area contributed by atoms with E-state index in [2.05, 4.69) is 10.4 Å². The second-order valence-corrected chi connectivity index (χ2v) is 4.96. The SMILES string of the molecule is O=C(Cn1ccc([N+](=O)[O-])n1)NC(C(=O)O)c1cccs1. The van der Waals surface area contributed by atoms with Crippen LogP contribution in [0.25, 0.3) is 0 Å². The van der Waals surface area contributed by atoms with E-state index in [4.69, 9.17) is 5.11 Å². The van der Waals surface area contributed by atoms with Gasteiger partial charge in [-0.2, -0.15) is 4.68 Å². The van der Waals surface area contributed by atoms with Crippen LogP contribution in [0, 0.1) is 10.1 Å². The van der Waals surface area contributed by atoms with Gasteiger partial charge in [0.05, 0.1) is 17.4 Å². The monoisotopic (exact) mass is 310 g/mol. The Balaban J connectivity index is 2.02. The number of nitrogens with one attached hydrogen (secondary N) is 1. The molecule has 0 radical (unpaired) electrons. The molecule has 110 valence electrons. The van der Waals surface area contributed by atoms with E-state index in [1.807, 2.05) is 0 Å². The molecule has 10 heteroatoms. The topological polar surface area (TPSA) is 127 Å². The van der Waals surface area contributed by atoms with Gasteiger partial charge in [0.15, 0.2) is 6.04 Å². The maximum atomic E-state index is 11.8. The molecule has 21 heavy (non-hydrogen) atoms. The summed E-state index contributed by atoms with van der Waals surface area (Å²) in [6.07, 6.45) is 1.28. The van der Waals surface area contributed by atoms with Crippen LogP contribution in [-0.4, -0.2) is 31.7 Å². The van der Waals surface area contributed by atoms with Crippen molar-refractivity contribution in [2.24, 2.45) is 0 Å². The van der Waals surface area contributed by atoms with E-state index in [0.29, 0.717) is 4.88 Å². The van der Waals surface area contributed by atoms with Crippen molar-refractivity contribution < 1.29 is 19.6 Å². The summed E-state index contributed by atoms with van der Waals surface area (Å²) in [5.41, 5.74) is 0. The van der Waals surface area contributed by atoms with Gasteiger partial charge in [-0.1, -0.05) is 6.07 Å². The summed E-state index contributed by atoms with van der Waals surface area (Å²) in [7, 11) is 0. The average Bonchev–Trinajstić information content (AvgIpc) is 3.06. The third-order valence-corrected chi connectivity index (χ3v) is 3.44. The molecule has 0 fully saturated rings. The van der Waals surface area contributed by atoms with Crippen molar-refractivity contribution in [2.75, 3.05) is 0 Å². The van der Waals surface area contributed by atoms with Crippen molar-refractivity contribution >= 4 is 29.0 Å². The number of nitrogens with zero attached hydrogens (tertiary/aromatic N) is 3. The number of carbonyl (C=O) groups is 2. The number of carboxylic acids is 1. The highest BCUT2D eigenvalue weighted by Crippen LogP contribution is 2.19. The molecule has 2 aromatic rings. The van der Waals surface area contributed by atoms with Crippen LogP contribution in [0.1, 0.15) is 10.9 Å². The summed E-state index contributed by atoms with van der Waals surface area (Å²) >= 11 is 1.21. The van der Waals surface area contributed by atoms with Gasteiger partial charge >= 0.3 is 11.8 Å². The smallest absolute Gasteiger partial charge is 0.389 e. The standard InChI is InChI=1S/C11H10N4O5S/c16-9(6-14-4-3-8(13-14)15(19)20)12-10(11(17)18)7-2-1-5-21-7/h1-5,10H,6H2,(H,12,16)(H,17,18). The van der Waals surface area contributed by atoms with E-state index in [-0.39, 0.29) is 12.4 Å². The van der Waals surface area contributed by atoms with Crippen molar-refractivity contribution in [3.8, 4) is 0 Å². The van der Waals surface area contributed by atoms with E-state index in [9.17, 15) is 19.7 Å². The summed E-state index contributed by atoms with van der Waals surface area (Å²) < 4.78 is 1.07. The van der Waals surface area contributed by atoms with E-state index < -0.39 is 22.8 Å². The van der Waals surface area contributed by atoms with Gasteiger partial charge in [0.25, 0.3) is 0 Å². The highest BCUT2D eigenvalue weighted by atomic mass is 32.1. The van der Waals surface area contributed by atoms with Crippen LogP contribution in [0.5, 0.6) is 0 Å². The van der Waals surface area contributed by atoms with Crippen LogP contribution in [0.15, 0.2) is 29.8 Å². The number of rotatable bonds is 6. The second kappa shape index (κ2) is 6.13. The summed E-state index contributed by atoms with van der Waals surface area (Å²) in [6, 6.07) is 3.28. The highest BCUT2D eigenvalue weighted by Gasteiger charge is 2.23. The predicted molar refractivity (Wildman–Crippen MR) is 71.7 cm³/mol. The number of carboxylic acid groups (broad SMARTS) is 1. The Labute approximate surface area is 122 Å². The summed E-state index contributed by atoms with van der Waals surface area (Å²) in [5.74, 6) is -2.16. The van der Waals surface area contributed by atoms with Crippen molar-refractivity contribution in [3.05, 3.63) is 44.8 Å². The summed E-state index contributed by atoms with van der Waals surface area (Å²) in [4.78, 5) is 33.2. The molecule has 0 bridgehead atoms. The minimum atomic E-state index is -1.18. The molecule has 0 saturated carbocycles. The Morgan fingerprint density at radius 1 is 1.52 bits per heavy atom. The molecule has 0 aromatic carbocycles. The lowest BCUT2D eigenvalue weighted by Gasteiger charge is -2.12. The number of aromatic nitrogens is 2. The quantitative estimate of drug-likeness (QED) is 0.600. The lowest BCUT2D eigenvalue weighted by molar-refractivity contribution is -0.389. The number of nitro groups is 1. The zero-order valence-corrected chi connectivity index (χ0v) is 11.3. The van der Waals surface area contributed by atoms with Crippen molar-refractivity contribution in [1.29, 1.82) is 0 Å². The molecule has 2 N–H and O–H groups in total. The molecule has 0 saturated heterocycles. The van der Waals surface area contributed by atoms with Crippen molar-refractivity contribution in [1.82, 2.24) is 15.1 Å². The molecule has 9 nitrogen and oxygen atoms in total. The third-order valence-electron chi connectivity index (χ3n) is 2.50. The molecule has 2 aromatic heterocycles. The van der Waals surface area contributed by atoms with Gasteiger partial charge in [-0.05, 0) is 16.4 Å². The van der Waals surface area contributed by atoms with Crippen LogP contribution in [-0.2, 0) is 16.1 Å². The van der Waals surface area contributed by atoms with Crippen molar-refractivity contribution in [2.45, 2.75) is 12.6 Å². The molecule has 0 aliphatic carbocycles. The molecule has 2 rings (SSSR count). The van der Waals surface area contributed by atoms with Gasteiger partial charge in [0.2, 0.25) is 5.91 Å². The molecule has 0 aliphatic heterocycles. The van der Waals surface area contributed by atoms with Gasteiger partial charge in [0, 0.05) is 4.88 Å². The number of carbonyl (C=O) groups excluding carboxylic acids is 1. The van der Waals surface area contributed by atoms with Crippen LogP contribution in [0.3, 0.4) is 0 Å². The van der Waals surface area contributed by atoms with Gasteiger partial charge < -0.3 is 20.5 Å². The Hall–Kier alpha value is -2.75. The molecular weight excluding hydrogens is 300 g/mol. The number of amides is 1. The normalized spacial score (nSPS) is 11.8. The van der Waals surface area contributed by atoms with E-state index in [0.717, 1.165) is 10.7 Å². The zero-order valence-electron chi connectivity index (χ0n) is 10.5. The predicted octanol–water partition coefficient (Wildman–Crippen LogP) is 0.795. The highest BCUT2D eigenvalue weighted by molar-refractivity contribution is 7.10. The van der Waals surface area contributed by atoms with Gasteiger partial charge in [0.1, 0.15) is 6.54 Å². The van der Waals surface area contributed by atoms with Crippen LogP contribution in [0.4, 0.5) is 5.82 Å². The first-order valence-electron chi connectivity index (χ1n) is 5.71. The maximum Gasteiger partial charge on any atom is 0.389 e. The lowest BCUT2D eigenvalue weighted by atomic mass is 10.2. The molecule has 1 unspecified atom stereocenters. The minimum Gasteiger partial charge on any atom is -0.479 e. The first kappa shape index (κ1) is 14.7. The lowest BCUT2D eigenvalue weighted by Crippen LogP contribution is -2.35. The van der Waals surface area contributed by atoms with E-state index in [1.54, 1.807) is 17.5 Å². The fraction of sp³-hybridized carbons (Fsp3) is 0.182. The second-order valence-electron chi connectivity index (χ2n) is 3.98. The van der Waals surface area contributed by atoms with Gasteiger partial charge in [-0.15, -0.1) is 11.3 Å². The zero-order chi connectivity index (χ0) is 15.4. The average molecular weight is 310 g/mol. The molecule has 1 amide bonds. The summed E-state index contributed by atoms with van der Waals surface area (Å²) in [5, 5.41) is 27.2. The van der Waals surface area contributed by atoms with E-state index in [1.165, 1.54) is 17.5 Å². The number of aliphatic carboxylic acids is 1. The van der Waals surface area contributed by atoms with Crippen LogP contribution < -0.4 is 5.32 Å². The maximum absolute atomic E-state index is 11.8. The Bertz CT molecular complexity index is 666. The van der Waals surface area contributed by atoms with Crippen LogP contribution >= 0.6 is 11.3 Å². The first-order valence-corrected chi connectivity index (χ1v) is 6.59. The largest absolute Gasteiger partial charge is 0.479 e. The Kier molecular flexibility index (Phi) is 4.28. The van der Waals surface area contributed by atoms with Gasteiger partial charge in [-0.25, -0.2) is 4.79 Å². The minimum absolute atomic E-state index is 0.303. The Morgan fingerprint density at radius 3 is 2.81 bits per heavy atom. The first-order chi connectivity index (χ1) is 9.97. The summed E-state index contributed by atoms with van der Waals surface area (Å²) in [6.45, 7) is -0.303. The van der Waals surface area contributed by atoms with Crippen LogP contribution in [0.2, 0.25) is 0 Å². The Morgan fingerprint density at radius 2 is 2.29 bits per heavy atom. The molecule has 1 atom stereocenters. The third kappa shape index (κ3) is 3.63. The van der Waals surface area contributed by atoms with Gasteiger partial charge in [-0.3, -0.25) is 4.79 Å². The fourth-order valence-corrected chi connectivity index (χ4v) is 2.37. The number of hydrogen-bond donors (Lipinski definition) is 2. The molecule has 0 spiro atoms. The van der Waals surface area contributed by atoms with E-state index >= 15 is 0 Å². The number of hydrogen-bond acceptors (Lipinski definition) is 6. The molecule has 0 aliphatic rings. The fourth-order valence-electron chi connectivity index (χ4n) is 1.60. The number of thiophene rings is 1. The molecular formula is C11H10N4O5S. The molecule has 2 heterocycles. The van der Waals surface area contributed by atoms with Crippen molar-refractivity contribution in [3.63, 3.8) is 0 Å².